The molecule has 4 nitrogen and oxygen atoms in total. The molecule has 2 rings (SSSR count). The summed E-state index contributed by atoms with van der Waals surface area (Å²) >= 11 is 2.96. The van der Waals surface area contributed by atoms with Crippen LogP contribution < -0.4 is 11.1 Å². The molecule has 0 aliphatic carbocycles. The first-order valence-electron chi connectivity index (χ1n) is 3.69. The van der Waals surface area contributed by atoms with Crippen molar-refractivity contribution in [3.8, 4) is 0 Å². The summed E-state index contributed by atoms with van der Waals surface area (Å²) in [6.45, 7) is 0.776. The van der Waals surface area contributed by atoms with Gasteiger partial charge in [-0.25, -0.2) is 0 Å². The Kier molecular flexibility index (Phi) is 2.42. The zero-order valence-corrected chi connectivity index (χ0v) is 8.36. The van der Waals surface area contributed by atoms with Gasteiger partial charge in [0.1, 0.15) is 0 Å². The van der Waals surface area contributed by atoms with E-state index >= 15 is 0 Å². The predicted molar refractivity (Wildman–Crippen MR) is 56.0 cm³/mol. The quantitative estimate of drug-likeness (QED) is 0.814. The van der Waals surface area contributed by atoms with Crippen molar-refractivity contribution in [1.82, 2.24) is 9.36 Å². The Hall–Kier alpha value is -1.14. The Morgan fingerprint density at radius 2 is 2.46 bits per heavy atom. The Bertz CT molecular complexity index is 368. The van der Waals surface area contributed by atoms with Crippen LogP contribution in [0, 0.1) is 0 Å². The second-order valence-corrected chi connectivity index (χ2v) is 3.97. The van der Waals surface area contributed by atoms with Gasteiger partial charge < -0.3 is 11.1 Å². The maximum Gasteiger partial charge on any atom is 0.233 e. The molecule has 0 radical (unpaired) electrons. The molecule has 2 heterocycles. The van der Waals surface area contributed by atoms with E-state index in [-0.39, 0.29) is 0 Å². The number of hydrogen-bond acceptors (Lipinski definition) is 6. The number of nitrogens with two attached hydrogens (primary N) is 1. The average Bonchev–Trinajstić information content (AvgIpc) is 2.71. The van der Waals surface area contributed by atoms with Gasteiger partial charge in [-0.05, 0) is 22.4 Å². The normalized spacial score (nSPS) is 10.2. The number of hydrogen-bond donors (Lipinski definition) is 2. The second kappa shape index (κ2) is 3.71. The summed E-state index contributed by atoms with van der Waals surface area (Å²) in [6.07, 6.45) is 0. The van der Waals surface area contributed by atoms with E-state index in [1.807, 2.05) is 5.38 Å². The summed E-state index contributed by atoms with van der Waals surface area (Å²) in [7, 11) is 0. The van der Waals surface area contributed by atoms with Crippen molar-refractivity contribution in [2.24, 2.45) is 0 Å². The van der Waals surface area contributed by atoms with Crippen LogP contribution in [0.3, 0.4) is 0 Å². The number of nitrogens with one attached hydrogen (secondary N) is 1. The van der Waals surface area contributed by atoms with E-state index in [9.17, 15) is 0 Å². The number of thiophene rings is 1. The molecule has 0 aromatic carbocycles. The molecule has 6 heteroatoms. The van der Waals surface area contributed by atoms with Gasteiger partial charge in [0.05, 0.1) is 0 Å². The smallest absolute Gasteiger partial charge is 0.233 e. The lowest BCUT2D eigenvalue weighted by Crippen LogP contribution is -1.97. The van der Waals surface area contributed by atoms with E-state index < -0.39 is 0 Å². The summed E-state index contributed by atoms with van der Waals surface area (Å²) in [6, 6.07) is 2.07. The second-order valence-electron chi connectivity index (χ2n) is 2.44. The molecule has 0 spiro atoms. The molecular weight excluding hydrogens is 204 g/mol. The van der Waals surface area contributed by atoms with Crippen LogP contribution in [0.2, 0.25) is 0 Å². The average molecular weight is 212 g/mol. The van der Waals surface area contributed by atoms with Gasteiger partial charge in [-0.2, -0.15) is 20.7 Å². The highest BCUT2D eigenvalue weighted by Crippen LogP contribution is 2.14. The standard InChI is InChI=1S/C7H8N4S2/c8-6-10-7(13-11-6)9-3-5-1-2-12-4-5/h1-2,4H,3H2,(H3,8,9,10,11). The van der Waals surface area contributed by atoms with Crippen LogP contribution in [0.1, 0.15) is 5.56 Å². The minimum absolute atomic E-state index is 0.331. The van der Waals surface area contributed by atoms with Crippen molar-refractivity contribution >= 4 is 33.9 Å². The first-order valence-corrected chi connectivity index (χ1v) is 5.40. The predicted octanol–water partition coefficient (Wildman–Crippen LogP) is 1.79. The van der Waals surface area contributed by atoms with E-state index in [4.69, 9.17) is 5.73 Å². The molecule has 3 N–H and O–H groups in total. The number of nitrogens with zero attached hydrogens (tertiary/aromatic N) is 2. The summed E-state index contributed by atoms with van der Waals surface area (Å²) in [5.74, 6) is 0.331. The van der Waals surface area contributed by atoms with Crippen molar-refractivity contribution < 1.29 is 0 Å². The number of nitrogen functional groups attached to an aromatic ring is 1. The summed E-state index contributed by atoms with van der Waals surface area (Å²) in [4.78, 5) is 3.99. The third-order valence-electron chi connectivity index (χ3n) is 1.47. The molecule has 2 aromatic heterocycles. The van der Waals surface area contributed by atoms with Crippen LogP contribution in [-0.4, -0.2) is 9.36 Å². The zero-order chi connectivity index (χ0) is 9.10. The zero-order valence-electron chi connectivity index (χ0n) is 6.73. The maximum absolute atomic E-state index is 5.38. The third-order valence-corrected chi connectivity index (χ3v) is 2.88. The molecule has 0 unspecified atom stereocenters. The van der Waals surface area contributed by atoms with Crippen molar-refractivity contribution in [3.63, 3.8) is 0 Å². The van der Waals surface area contributed by atoms with Crippen LogP contribution in [0.25, 0.3) is 0 Å². The number of rotatable bonds is 3. The number of anilines is 2. The molecule has 0 saturated carbocycles. The van der Waals surface area contributed by atoms with E-state index in [1.54, 1.807) is 11.3 Å². The Labute approximate surface area is 83.6 Å². The minimum Gasteiger partial charge on any atom is -0.367 e. The van der Waals surface area contributed by atoms with E-state index in [0.717, 1.165) is 11.7 Å². The molecular formula is C7H8N4S2. The van der Waals surface area contributed by atoms with Gasteiger partial charge in [0.15, 0.2) is 0 Å². The van der Waals surface area contributed by atoms with Gasteiger partial charge in [0.25, 0.3) is 0 Å². The molecule has 0 saturated heterocycles. The summed E-state index contributed by atoms with van der Waals surface area (Å²) in [5, 5.41) is 8.05. The lowest BCUT2D eigenvalue weighted by atomic mass is 10.3. The monoisotopic (exact) mass is 212 g/mol. The molecule has 0 bridgehead atoms. The number of aromatic nitrogens is 2. The lowest BCUT2D eigenvalue weighted by molar-refractivity contribution is 1.15. The summed E-state index contributed by atoms with van der Waals surface area (Å²) < 4.78 is 3.86. The highest BCUT2D eigenvalue weighted by molar-refractivity contribution is 7.09. The van der Waals surface area contributed by atoms with Crippen LogP contribution in [-0.2, 0) is 6.54 Å². The fourth-order valence-corrected chi connectivity index (χ4v) is 2.04. The first-order chi connectivity index (χ1) is 6.34. The third kappa shape index (κ3) is 2.16. The first kappa shape index (κ1) is 8.46. The van der Waals surface area contributed by atoms with Gasteiger partial charge in [-0.3, -0.25) is 0 Å². The maximum atomic E-state index is 5.38. The van der Waals surface area contributed by atoms with Crippen molar-refractivity contribution in [1.29, 1.82) is 0 Å². The highest BCUT2D eigenvalue weighted by atomic mass is 32.1. The Morgan fingerprint density at radius 3 is 3.08 bits per heavy atom. The Balaban J connectivity index is 1.93. The minimum atomic E-state index is 0.331. The molecule has 0 fully saturated rings. The molecule has 0 aliphatic rings. The van der Waals surface area contributed by atoms with Crippen LogP contribution in [0.4, 0.5) is 11.1 Å². The van der Waals surface area contributed by atoms with Crippen molar-refractivity contribution in [3.05, 3.63) is 22.4 Å². The van der Waals surface area contributed by atoms with Crippen molar-refractivity contribution in [2.45, 2.75) is 6.54 Å². The van der Waals surface area contributed by atoms with Crippen molar-refractivity contribution in [2.75, 3.05) is 11.1 Å². The van der Waals surface area contributed by atoms with Gasteiger partial charge in [-0.1, -0.05) is 0 Å². The SMILES string of the molecule is Nc1nsc(NCc2ccsc2)n1. The van der Waals surface area contributed by atoms with E-state index in [2.05, 4.69) is 26.1 Å². The van der Waals surface area contributed by atoms with Gasteiger partial charge in [0.2, 0.25) is 11.1 Å². The van der Waals surface area contributed by atoms with Gasteiger partial charge in [-0.15, -0.1) is 0 Å². The summed E-state index contributed by atoms with van der Waals surface area (Å²) in [5.41, 5.74) is 6.63. The largest absolute Gasteiger partial charge is 0.367 e. The lowest BCUT2D eigenvalue weighted by Gasteiger charge is -1.97. The van der Waals surface area contributed by atoms with Crippen LogP contribution in [0.15, 0.2) is 16.8 Å². The highest BCUT2D eigenvalue weighted by Gasteiger charge is 1.99. The van der Waals surface area contributed by atoms with Crippen LogP contribution in [0.5, 0.6) is 0 Å². The molecule has 0 aliphatic heterocycles. The fourth-order valence-electron chi connectivity index (χ4n) is 0.878. The molecule has 13 heavy (non-hydrogen) atoms. The van der Waals surface area contributed by atoms with E-state index in [1.165, 1.54) is 17.1 Å². The Morgan fingerprint density at radius 1 is 1.54 bits per heavy atom. The molecule has 0 amide bonds. The van der Waals surface area contributed by atoms with E-state index in [0.29, 0.717) is 5.95 Å². The molecule has 0 atom stereocenters. The van der Waals surface area contributed by atoms with Gasteiger partial charge in [0, 0.05) is 18.1 Å². The fraction of sp³-hybridized carbons (Fsp3) is 0.143. The molecule has 2 aromatic rings. The molecule has 68 valence electrons. The van der Waals surface area contributed by atoms with Gasteiger partial charge >= 0.3 is 0 Å². The van der Waals surface area contributed by atoms with Crippen LogP contribution >= 0.6 is 22.9 Å². The topological polar surface area (TPSA) is 63.8 Å².